The van der Waals surface area contributed by atoms with Crippen molar-refractivity contribution >= 4 is 26.2 Å². The van der Waals surface area contributed by atoms with Crippen molar-refractivity contribution in [3.63, 3.8) is 0 Å². The number of hydrogen-bond acceptors (Lipinski definition) is 11. The lowest BCUT2D eigenvalue weighted by Gasteiger charge is -2.31. The van der Waals surface area contributed by atoms with Gasteiger partial charge in [-0.05, 0) is 64.5 Å². The lowest BCUT2D eigenvalue weighted by atomic mass is 10.0. The molecule has 1 heterocycles. The fourth-order valence-corrected chi connectivity index (χ4v) is 5.75. The molecule has 0 aliphatic carbocycles. The highest BCUT2D eigenvalue weighted by Crippen LogP contribution is 2.44. The predicted molar refractivity (Wildman–Crippen MR) is 161 cm³/mol. The number of methoxy groups -OCH3 is 2. The zero-order valence-corrected chi connectivity index (χ0v) is 26.4. The molecule has 0 bridgehead atoms. The van der Waals surface area contributed by atoms with Gasteiger partial charge in [0.25, 0.3) is 8.53 Å². The summed E-state index contributed by atoms with van der Waals surface area (Å²) in [6.07, 6.45) is 7.76. The van der Waals surface area contributed by atoms with E-state index in [1.165, 1.54) is 14.2 Å². The van der Waals surface area contributed by atoms with Gasteiger partial charge in [-0.3, -0.25) is 4.68 Å². The molecule has 0 aliphatic heterocycles. The molecular formula is C29H45N6O6P. The minimum Gasteiger partial charge on any atom is -0.465 e. The molecule has 232 valence electrons. The average Bonchev–Trinajstić information content (AvgIpc) is 3.45. The number of nitriles is 1. The normalized spacial score (nSPS) is 11.9. The Bertz CT molecular complexity index is 1140. The van der Waals surface area contributed by atoms with Crippen LogP contribution in [0.15, 0.2) is 24.4 Å². The number of aromatic nitrogens is 3. The Balaban J connectivity index is 1.69. The lowest BCUT2D eigenvalue weighted by Crippen LogP contribution is -2.27. The zero-order chi connectivity index (χ0) is 30.7. The fraction of sp³-hybridized carbons (Fsp3) is 0.621. The molecule has 1 aromatic carbocycles. The van der Waals surface area contributed by atoms with Gasteiger partial charge in [-0.25, -0.2) is 14.3 Å². The summed E-state index contributed by atoms with van der Waals surface area (Å²) in [4.78, 5) is 24.4. The fourth-order valence-electron chi connectivity index (χ4n) is 4.24. The molecule has 0 aliphatic rings. The predicted octanol–water partition coefficient (Wildman–Crippen LogP) is 5.36. The van der Waals surface area contributed by atoms with Crippen LogP contribution in [0, 0.1) is 11.3 Å². The molecule has 1 N–H and O–H groups in total. The quantitative estimate of drug-likeness (QED) is 0.112. The van der Waals surface area contributed by atoms with Gasteiger partial charge in [-0.1, -0.05) is 18.2 Å². The lowest BCUT2D eigenvalue weighted by molar-refractivity contribution is 0.0556. The van der Waals surface area contributed by atoms with Crippen LogP contribution in [0.5, 0.6) is 0 Å². The Kier molecular flexibility index (Phi) is 16.6. The van der Waals surface area contributed by atoms with Gasteiger partial charge >= 0.3 is 11.9 Å². The Morgan fingerprint density at radius 1 is 1.07 bits per heavy atom. The van der Waals surface area contributed by atoms with Crippen LogP contribution in [-0.2, 0) is 31.5 Å². The number of ether oxygens (including phenoxy) is 2. The Morgan fingerprint density at radius 2 is 1.83 bits per heavy atom. The Morgan fingerprint density at radius 3 is 2.52 bits per heavy atom. The van der Waals surface area contributed by atoms with Crippen molar-refractivity contribution in [3.05, 3.63) is 41.2 Å². The molecule has 0 saturated heterocycles. The van der Waals surface area contributed by atoms with Gasteiger partial charge in [0.15, 0.2) is 0 Å². The number of carbonyl (C=O) groups is 2. The maximum absolute atomic E-state index is 12.3. The van der Waals surface area contributed by atoms with Crippen LogP contribution in [0.4, 0.5) is 5.69 Å². The summed E-state index contributed by atoms with van der Waals surface area (Å²) >= 11 is 0. The molecular weight excluding hydrogens is 559 g/mol. The van der Waals surface area contributed by atoms with Crippen LogP contribution >= 0.6 is 8.53 Å². The number of hydrogen-bond donors (Lipinski definition) is 1. The van der Waals surface area contributed by atoms with Crippen LogP contribution in [0.2, 0.25) is 0 Å². The van der Waals surface area contributed by atoms with E-state index < -0.39 is 20.5 Å². The largest absolute Gasteiger partial charge is 0.465 e. The number of nitrogens with zero attached hydrogens (tertiary/aromatic N) is 5. The van der Waals surface area contributed by atoms with E-state index in [0.29, 0.717) is 37.9 Å². The van der Waals surface area contributed by atoms with E-state index in [4.69, 9.17) is 23.8 Å². The second-order valence-electron chi connectivity index (χ2n) is 9.79. The molecule has 1 aromatic heterocycles. The average molecular weight is 605 g/mol. The molecule has 0 fully saturated rings. The highest BCUT2D eigenvalue weighted by Gasteiger charge is 2.23. The van der Waals surface area contributed by atoms with E-state index in [1.807, 2.05) is 10.9 Å². The van der Waals surface area contributed by atoms with Gasteiger partial charge in [0, 0.05) is 37.6 Å². The molecule has 2 rings (SSSR count). The smallest absolute Gasteiger partial charge is 0.340 e. The summed E-state index contributed by atoms with van der Waals surface area (Å²) in [7, 11) is 1.39. The topological polar surface area (TPSA) is 141 Å². The Labute approximate surface area is 250 Å². The number of anilines is 1. The van der Waals surface area contributed by atoms with Gasteiger partial charge in [0.1, 0.15) is 0 Å². The van der Waals surface area contributed by atoms with Crippen molar-refractivity contribution in [2.24, 2.45) is 0 Å². The third-order valence-corrected chi connectivity index (χ3v) is 8.37. The van der Waals surface area contributed by atoms with Crippen LogP contribution in [0.3, 0.4) is 0 Å². The first-order valence-corrected chi connectivity index (χ1v) is 15.6. The minimum absolute atomic E-state index is 0.171. The van der Waals surface area contributed by atoms with Crippen LogP contribution in [-0.4, -0.2) is 78.2 Å². The number of carbonyl (C=O) groups excluding carboxylic acids is 2. The highest BCUT2D eigenvalue weighted by molar-refractivity contribution is 7.44. The molecule has 1 unspecified atom stereocenters. The van der Waals surface area contributed by atoms with Gasteiger partial charge < -0.3 is 23.8 Å². The van der Waals surface area contributed by atoms with E-state index in [9.17, 15) is 9.59 Å². The Hall–Kier alpha value is -3.10. The zero-order valence-electron chi connectivity index (χ0n) is 25.5. The number of benzene rings is 1. The summed E-state index contributed by atoms with van der Waals surface area (Å²) in [5.74, 6) is -1.18. The van der Waals surface area contributed by atoms with Crippen LogP contribution in [0.1, 0.15) is 85.7 Å². The summed E-state index contributed by atoms with van der Waals surface area (Å²) < 4.78 is 25.7. The number of esters is 2. The van der Waals surface area contributed by atoms with Crippen molar-refractivity contribution < 1.29 is 28.1 Å². The van der Waals surface area contributed by atoms with Gasteiger partial charge in [0.05, 0.1) is 56.7 Å². The number of unbranched alkanes of at least 4 members (excludes halogenated alkanes) is 3. The molecule has 12 nitrogen and oxygen atoms in total. The monoisotopic (exact) mass is 604 g/mol. The summed E-state index contributed by atoms with van der Waals surface area (Å²) in [6, 6.07) is 7.41. The van der Waals surface area contributed by atoms with Crippen LogP contribution < -0.4 is 5.32 Å². The summed E-state index contributed by atoms with van der Waals surface area (Å²) in [5, 5.41) is 20.6. The molecule has 1 atom stereocenters. The van der Waals surface area contributed by atoms with E-state index in [-0.39, 0.29) is 11.1 Å². The second-order valence-corrected chi connectivity index (χ2v) is 11.3. The van der Waals surface area contributed by atoms with Gasteiger partial charge in [-0.2, -0.15) is 5.26 Å². The van der Waals surface area contributed by atoms with Crippen molar-refractivity contribution in [2.75, 3.05) is 45.8 Å². The summed E-state index contributed by atoms with van der Waals surface area (Å²) in [5.41, 5.74) is 1.85. The SMILES string of the molecule is CCN(C(C)C)P(OCCC#N)OCCCCc1cn(CCCCCNc2cccc(C(=O)OC)c2C(=O)OC)nn1. The summed E-state index contributed by atoms with van der Waals surface area (Å²) in [6.45, 7) is 9.53. The number of rotatable bonds is 21. The van der Waals surface area contributed by atoms with Crippen molar-refractivity contribution in [1.29, 1.82) is 5.26 Å². The van der Waals surface area contributed by atoms with E-state index >= 15 is 0 Å². The molecule has 0 radical (unpaired) electrons. The standard InChI is InChI=1S/C29H45N6O6P/c1-6-35(23(2)3)42(41-21-13-17-30)40-20-11-8-14-24-22-34(33-32-24)19-10-7-9-18-31-26-16-12-15-25(28(36)38-4)27(26)29(37)39-5/h12,15-16,22-23,31H,6-11,13-14,18-21H2,1-5H3. The molecule has 42 heavy (non-hydrogen) atoms. The van der Waals surface area contributed by atoms with Crippen molar-refractivity contribution in [2.45, 2.75) is 78.3 Å². The maximum atomic E-state index is 12.3. The molecule has 0 spiro atoms. The second kappa shape index (κ2) is 19.9. The maximum Gasteiger partial charge on any atom is 0.340 e. The minimum atomic E-state index is -1.17. The number of aryl methyl sites for hydroxylation is 2. The van der Waals surface area contributed by atoms with Gasteiger partial charge in [-0.15, -0.1) is 5.10 Å². The molecule has 13 heteroatoms. The van der Waals surface area contributed by atoms with Crippen molar-refractivity contribution in [1.82, 2.24) is 19.7 Å². The first-order valence-electron chi connectivity index (χ1n) is 14.5. The third-order valence-electron chi connectivity index (χ3n) is 6.40. The molecule has 2 aromatic rings. The van der Waals surface area contributed by atoms with Crippen molar-refractivity contribution in [3.8, 4) is 6.07 Å². The van der Waals surface area contributed by atoms with E-state index in [0.717, 1.165) is 57.3 Å². The molecule has 0 saturated carbocycles. The number of nitrogens with one attached hydrogen (secondary N) is 1. The first-order chi connectivity index (χ1) is 20.4. The van der Waals surface area contributed by atoms with E-state index in [1.54, 1.807) is 18.2 Å². The van der Waals surface area contributed by atoms with E-state index in [2.05, 4.69) is 47.1 Å². The molecule has 0 amide bonds. The third kappa shape index (κ3) is 11.6. The first kappa shape index (κ1) is 35.1. The van der Waals surface area contributed by atoms with Gasteiger partial charge in [0.2, 0.25) is 0 Å². The van der Waals surface area contributed by atoms with Crippen LogP contribution in [0.25, 0.3) is 0 Å². The highest BCUT2D eigenvalue weighted by atomic mass is 31.2.